The van der Waals surface area contributed by atoms with Crippen LogP contribution in [0.4, 0.5) is 0 Å². The molecule has 0 saturated carbocycles. The number of rotatable bonds is 10. The van der Waals surface area contributed by atoms with E-state index in [1.54, 1.807) is 24.3 Å². The van der Waals surface area contributed by atoms with Crippen molar-refractivity contribution in [3.8, 4) is 0 Å². The molecule has 31 heavy (non-hydrogen) atoms. The first-order valence-electron chi connectivity index (χ1n) is 10.3. The maximum absolute atomic E-state index is 12.7. The van der Waals surface area contributed by atoms with Gasteiger partial charge in [0.2, 0.25) is 0 Å². The Morgan fingerprint density at radius 3 is 2.23 bits per heavy atom. The highest BCUT2D eigenvalue weighted by Crippen LogP contribution is 2.36. The van der Waals surface area contributed by atoms with Crippen molar-refractivity contribution < 1.29 is 28.3 Å². The topological polar surface area (TPSA) is 98.2 Å². The molecule has 0 aliphatic rings. The van der Waals surface area contributed by atoms with E-state index in [0.717, 1.165) is 5.57 Å². The van der Waals surface area contributed by atoms with Gasteiger partial charge in [0, 0.05) is 6.42 Å². The molecule has 0 aromatic heterocycles. The van der Waals surface area contributed by atoms with Crippen molar-refractivity contribution in [3.63, 3.8) is 0 Å². The Balaban J connectivity index is 3.18. The number of allylic oxidation sites excluding steroid dienone is 1. The van der Waals surface area contributed by atoms with Crippen LogP contribution in [0.3, 0.4) is 0 Å². The second kappa shape index (κ2) is 11.7. The van der Waals surface area contributed by atoms with Crippen molar-refractivity contribution in [1.29, 1.82) is 0 Å². The number of benzene rings is 1. The second-order valence-electron chi connectivity index (χ2n) is 9.12. The molecule has 0 spiro atoms. The normalized spacial score (nSPS) is 13.4. The number of esters is 2. The van der Waals surface area contributed by atoms with E-state index >= 15 is 0 Å². The Morgan fingerprint density at radius 1 is 1.10 bits per heavy atom. The lowest BCUT2D eigenvalue weighted by Gasteiger charge is -2.37. The highest BCUT2D eigenvalue weighted by Gasteiger charge is 2.39. The maximum Gasteiger partial charge on any atom is 0.414 e. The van der Waals surface area contributed by atoms with E-state index in [9.17, 15) is 9.59 Å². The minimum atomic E-state index is -2.16. The average molecular weight is 447 g/mol. The van der Waals surface area contributed by atoms with Crippen molar-refractivity contribution in [3.05, 3.63) is 53.1 Å². The van der Waals surface area contributed by atoms with Gasteiger partial charge in [0.1, 0.15) is 6.10 Å². The van der Waals surface area contributed by atoms with E-state index < -0.39 is 32.5 Å². The van der Waals surface area contributed by atoms with Crippen molar-refractivity contribution in [1.82, 2.24) is 0 Å². The van der Waals surface area contributed by atoms with Crippen LogP contribution in [-0.2, 0) is 18.7 Å². The smallest absolute Gasteiger partial charge is 0.414 e. The number of hydrogen-bond donors (Lipinski definition) is 0. The molecule has 0 amide bonds. The second-order valence-corrected chi connectivity index (χ2v) is 13.9. The fraction of sp³-hybridized carbons (Fsp3) is 0.522. The third kappa shape index (κ3) is 9.00. The fourth-order valence-electron chi connectivity index (χ4n) is 2.36. The molecule has 0 saturated heterocycles. The molecule has 8 heteroatoms. The minimum Gasteiger partial charge on any atom is -0.454 e. The van der Waals surface area contributed by atoms with E-state index in [4.69, 9.17) is 19.4 Å². The lowest BCUT2D eigenvalue weighted by Crippen LogP contribution is -2.46. The average Bonchev–Trinajstić information content (AvgIpc) is 2.68. The number of carbonyl (C=O) groups is 2. The predicted octanol–water partition coefficient (Wildman–Crippen LogP) is 4.80. The summed E-state index contributed by atoms with van der Waals surface area (Å²) in [6.45, 7) is 14.4. The van der Waals surface area contributed by atoms with E-state index in [-0.39, 0.29) is 11.6 Å². The summed E-state index contributed by atoms with van der Waals surface area (Å²) < 4.78 is 17.5. The SMILES string of the molecule is CC(C)=CC[C@@H](OC(=O)c1ccccc1)[C@H](CO[Si](C)(C)C(C)(C)C)OC(=O)C=[N+]=[N-]. The first kappa shape index (κ1) is 26.5. The summed E-state index contributed by atoms with van der Waals surface area (Å²) in [5.74, 6) is -1.36. The zero-order valence-electron chi connectivity index (χ0n) is 19.5. The lowest BCUT2D eigenvalue weighted by atomic mass is 10.1. The molecule has 0 unspecified atom stereocenters. The summed E-state index contributed by atoms with van der Waals surface area (Å²) in [6, 6.07) is 8.62. The highest BCUT2D eigenvalue weighted by atomic mass is 28.4. The van der Waals surface area contributed by atoms with E-state index in [2.05, 4.69) is 38.7 Å². The van der Waals surface area contributed by atoms with Gasteiger partial charge in [-0.15, -0.1) is 0 Å². The summed E-state index contributed by atoms with van der Waals surface area (Å²) in [7, 11) is -2.16. The Bertz CT molecular complexity index is 820. The van der Waals surface area contributed by atoms with Gasteiger partial charge in [-0.3, -0.25) is 0 Å². The molecule has 1 aromatic carbocycles. The molecule has 0 radical (unpaired) electrons. The molecule has 1 rings (SSSR count). The number of nitrogens with zero attached hydrogens (tertiary/aromatic N) is 2. The quantitative estimate of drug-likeness (QED) is 0.128. The summed E-state index contributed by atoms with van der Waals surface area (Å²) in [6.07, 6.45) is 1.27. The third-order valence-corrected chi connectivity index (χ3v) is 9.79. The van der Waals surface area contributed by atoms with Crippen molar-refractivity contribution in [2.75, 3.05) is 6.61 Å². The molecule has 0 bridgehead atoms. The Hall–Kier alpha value is -2.54. The lowest BCUT2D eigenvalue weighted by molar-refractivity contribution is -0.152. The van der Waals surface area contributed by atoms with Gasteiger partial charge in [-0.2, -0.15) is 4.79 Å². The van der Waals surface area contributed by atoms with Gasteiger partial charge in [-0.25, -0.2) is 9.59 Å². The standard InChI is InChI=1S/C23H34N2O5Si/c1-17(2)13-14-19(30-22(27)18-11-9-8-10-12-18)20(29-21(26)15-25-24)16-28-31(6,7)23(3,4)5/h8-13,15,19-20H,14,16H2,1-7H3/t19-,20+/m1/s1. The zero-order chi connectivity index (χ0) is 23.7. The third-order valence-electron chi connectivity index (χ3n) is 5.29. The summed E-state index contributed by atoms with van der Waals surface area (Å²) in [4.78, 5) is 27.5. The van der Waals surface area contributed by atoms with Gasteiger partial charge in [0.15, 0.2) is 14.4 Å². The van der Waals surface area contributed by atoms with Gasteiger partial charge in [0.05, 0.1) is 12.2 Å². The van der Waals surface area contributed by atoms with Crippen LogP contribution in [0.2, 0.25) is 18.1 Å². The monoisotopic (exact) mass is 446 g/mol. The van der Waals surface area contributed by atoms with E-state index in [1.807, 2.05) is 26.0 Å². The van der Waals surface area contributed by atoms with Gasteiger partial charge < -0.3 is 19.4 Å². The molecule has 2 atom stereocenters. The fourth-order valence-corrected chi connectivity index (χ4v) is 3.37. The van der Waals surface area contributed by atoms with Crippen LogP contribution in [0.5, 0.6) is 0 Å². The molecular weight excluding hydrogens is 412 g/mol. The molecule has 7 nitrogen and oxygen atoms in total. The Labute approximate surface area is 186 Å². The first-order chi connectivity index (χ1) is 14.4. The van der Waals surface area contributed by atoms with Gasteiger partial charge in [0.25, 0.3) is 0 Å². The maximum atomic E-state index is 12.7. The number of carbonyl (C=O) groups excluding carboxylic acids is 2. The molecular formula is C23H34N2O5Si. The summed E-state index contributed by atoms with van der Waals surface area (Å²) in [5, 5.41) is -0.0514. The van der Waals surface area contributed by atoms with Gasteiger partial charge >= 0.3 is 18.2 Å². The summed E-state index contributed by atoms with van der Waals surface area (Å²) >= 11 is 0. The van der Waals surface area contributed by atoms with Crippen LogP contribution < -0.4 is 0 Å². The first-order valence-corrected chi connectivity index (χ1v) is 13.2. The van der Waals surface area contributed by atoms with Gasteiger partial charge in [-0.05, 0) is 44.1 Å². The Kier molecular flexibility index (Phi) is 10.0. The molecule has 0 N–H and O–H groups in total. The van der Waals surface area contributed by atoms with Crippen LogP contribution in [0.15, 0.2) is 42.0 Å². The van der Waals surface area contributed by atoms with Crippen molar-refractivity contribution >= 4 is 26.5 Å². The van der Waals surface area contributed by atoms with Crippen LogP contribution in [0.25, 0.3) is 5.53 Å². The van der Waals surface area contributed by atoms with Crippen LogP contribution in [0.1, 0.15) is 51.4 Å². The molecule has 0 heterocycles. The van der Waals surface area contributed by atoms with Crippen LogP contribution in [0, 0.1) is 0 Å². The highest BCUT2D eigenvalue weighted by molar-refractivity contribution is 6.74. The predicted molar refractivity (Wildman–Crippen MR) is 122 cm³/mol. The van der Waals surface area contributed by atoms with Crippen molar-refractivity contribution in [2.24, 2.45) is 0 Å². The zero-order valence-corrected chi connectivity index (χ0v) is 20.5. The molecule has 0 aliphatic carbocycles. The number of ether oxygens (including phenoxy) is 2. The summed E-state index contributed by atoms with van der Waals surface area (Å²) in [5.41, 5.74) is 10.1. The Morgan fingerprint density at radius 2 is 1.71 bits per heavy atom. The van der Waals surface area contributed by atoms with Crippen LogP contribution in [-0.4, -0.2) is 50.1 Å². The molecule has 170 valence electrons. The van der Waals surface area contributed by atoms with E-state index in [1.165, 1.54) is 0 Å². The van der Waals surface area contributed by atoms with E-state index in [0.29, 0.717) is 18.2 Å². The number of hydrogen-bond acceptors (Lipinski definition) is 5. The molecule has 1 aromatic rings. The van der Waals surface area contributed by atoms with Gasteiger partial charge in [-0.1, -0.05) is 50.6 Å². The van der Waals surface area contributed by atoms with Crippen molar-refractivity contribution in [2.45, 2.75) is 71.4 Å². The molecule has 0 fully saturated rings. The molecule has 0 aliphatic heterocycles. The minimum absolute atomic E-state index is 0.0514. The largest absolute Gasteiger partial charge is 0.454 e. The van der Waals surface area contributed by atoms with Crippen LogP contribution >= 0.6 is 0 Å².